The van der Waals surface area contributed by atoms with Crippen LogP contribution in [0.2, 0.25) is 0 Å². The van der Waals surface area contributed by atoms with Gasteiger partial charge in [0.05, 0.1) is 11.7 Å². The molecule has 4 heteroatoms. The lowest BCUT2D eigenvalue weighted by atomic mass is 10.1. The fraction of sp³-hybridized carbons (Fsp3) is 0.167. The van der Waals surface area contributed by atoms with Gasteiger partial charge in [0.2, 0.25) is 5.91 Å². The lowest BCUT2D eigenvalue weighted by Crippen LogP contribution is -2.19. The highest BCUT2D eigenvalue weighted by Gasteiger charge is 1.94. The molecule has 1 heterocycles. The summed E-state index contributed by atoms with van der Waals surface area (Å²) in [5, 5.41) is 10.7. The largest absolute Gasteiger partial charge is 0.353 e. The Morgan fingerprint density at radius 2 is 2.44 bits per heavy atom. The molecule has 1 aromatic carbocycles. The Labute approximate surface area is 93.4 Å². The average molecular weight is 215 g/mol. The molecule has 2 rings (SSSR count). The second-order valence-corrected chi connectivity index (χ2v) is 3.56. The molecule has 1 amide bonds. The van der Waals surface area contributed by atoms with E-state index in [9.17, 15) is 4.79 Å². The second kappa shape index (κ2) is 4.61. The number of hydrogen-bond acceptors (Lipinski definition) is 2. The first-order valence-corrected chi connectivity index (χ1v) is 5.10. The fourth-order valence-electron chi connectivity index (χ4n) is 1.46. The number of H-pyrrole nitrogens is 1. The molecule has 1 aromatic heterocycles. The maximum Gasteiger partial charge on any atom is 0.217 e. The highest BCUT2D eigenvalue weighted by Crippen LogP contribution is 2.13. The summed E-state index contributed by atoms with van der Waals surface area (Å²) in [5.74, 6) is -0.0197. The lowest BCUT2D eigenvalue weighted by Gasteiger charge is -1.96. The zero-order valence-corrected chi connectivity index (χ0v) is 9.03. The van der Waals surface area contributed by atoms with Gasteiger partial charge in [-0.3, -0.25) is 9.89 Å². The molecule has 2 N–H and O–H groups in total. The van der Waals surface area contributed by atoms with Crippen LogP contribution in [0, 0.1) is 0 Å². The molecule has 0 saturated heterocycles. The first kappa shape index (κ1) is 10.4. The van der Waals surface area contributed by atoms with Gasteiger partial charge in [0.15, 0.2) is 0 Å². The van der Waals surface area contributed by atoms with Crippen molar-refractivity contribution >= 4 is 22.9 Å². The van der Waals surface area contributed by atoms with Crippen molar-refractivity contribution in [2.45, 2.75) is 6.92 Å². The third-order valence-electron chi connectivity index (χ3n) is 2.25. The molecule has 0 bridgehead atoms. The quantitative estimate of drug-likeness (QED) is 0.818. The summed E-state index contributed by atoms with van der Waals surface area (Å²) in [4.78, 5) is 10.6. The van der Waals surface area contributed by atoms with Gasteiger partial charge < -0.3 is 5.32 Å². The van der Waals surface area contributed by atoms with E-state index in [-0.39, 0.29) is 5.91 Å². The van der Waals surface area contributed by atoms with E-state index < -0.39 is 0 Å². The molecule has 0 fully saturated rings. The van der Waals surface area contributed by atoms with Crippen LogP contribution in [0.1, 0.15) is 12.5 Å². The SMILES string of the molecule is CC(=O)NCC=Cc1ccc2cn[nH]c2c1. The van der Waals surface area contributed by atoms with Crippen molar-refractivity contribution in [2.75, 3.05) is 6.54 Å². The van der Waals surface area contributed by atoms with E-state index in [1.165, 1.54) is 6.92 Å². The molecule has 16 heavy (non-hydrogen) atoms. The summed E-state index contributed by atoms with van der Waals surface area (Å²) in [5.41, 5.74) is 2.10. The van der Waals surface area contributed by atoms with Crippen LogP contribution in [-0.2, 0) is 4.79 Å². The molecule has 0 radical (unpaired) electrons. The molecule has 82 valence electrons. The zero-order valence-electron chi connectivity index (χ0n) is 9.03. The van der Waals surface area contributed by atoms with Crippen LogP contribution in [-0.4, -0.2) is 22.6 Å². The first-order valence-electron chi connectivity index (χ1n) is 5.10. The summed E-state index contributed by atoms with van der Waals surface area (Å²) in [6.07, 6.45) is 5.68. The summed E-state index contributed by atoms with van der Waals surface area (Å²) < 4.78 is 0. The van der Waals surface area contributed by atoms with Gasteiger partial charge >= 0.3 is 0 Å². The smallest absolute Gasteiger partial charge is 0.217 e. The number of aromatic amines is 1. The summed E-state index contributed by atoms with van der Waals surface area (Å²) in [7, 11) is 0. The number of nitrogens with one attached hydrogen (secondary N) is 2. The molecule has 0 unspecified atom stereocenters. The molecule has 0 saturated carbocycles. The Balaban J connectivity index is 2.06. The van der Waals surface area contributed by atoms with E-state index >= 15 is 0 Å². The molecule has 4 nitrogen and oxygen atoms in total. The number of carbonyl (C=O) groups is 1. The van der Waals surface area contributed by atoms with Crippen LogP contribution >= 0.6 is 0 Å². The van der Waals surface area contributed by atoms with Crippen molar-refractivity contribution in [3.63, 3.8) is 0 Å². The van der Waals surface area contributed by atoms with Gasteiger partial charge in [-0.25, -0.2) is 0 Å². The normalized spacial score (nSPS) is 11.1. The number of benzene rings is 1. The minimum absolute atomic E-state index is 0.0197. The molecule has 0 spiro atoms. The number of hydrogen-bond donors (Lipinski definition) is 2. The van der Waals surface area contributed by atoms with E-state index in [0.29, 0.717) is 6.54 Å². The Kier molecular flexibility index (Phi) is 3.00. The van der Waals surface area contributed by atoms with Crippen LogP contribution in [0.25, 0.3) is 17.0 Å². The van der Waals surface area contributed by atoms with E-state index in [0.717, 1.165) is 16.5 Å². The van der Waals surface area contributed by atoms with E-state index in [1.807, 2.05) is 30.4 Å². The molecule has 0 aliphatic carbocycles. The van der Waals surface area contributed by atoms with Crippen molar-refractivity contribution in [3.05, 3.63) is 36.0 Å². The van der Waals surface area contributed by atoms with Crippen molar-refractivity contribution in [1.29, 1.82) is 0 Å². The number of nitrogens with zero attached hydrogens (tertiary/aromatic N) is 1. The Bertz CT molecular complexity index is 528. The molecule has 0 aliphatic rings. The van der Waals surface area contributed by atoms with Gasteiger partial charge in [-0.15, -0.1) is 0 Å². The van der Waals surface area contributed by atoms with Crippen LogP contribution < -0.4 is 5.32 Å². The van der Waals surface area contributed by atoms with Crippen LogP contribution in [0.15, 0.2) is 30.5 Å². The average Bonchev–Trinajstić information content (AvgIpc) is 2.71. The molecular weight excluding hydrogens is 202 g/mol. The predicted octanol–water partition coefficient (Wildman–Crippen LogP) is 1.71. The van der Waals surface area contributed by atoms with Gasteiger partial charge in [-0.05, 0) is 11.6 Å². The molecule has 0 atom stereocenters. The highest BCUT2D eigenvalue weighted by atomic mass is 16.1. The third-order valence-corrected chi connectivity index (χ3v) is 2.25. The van der Waals surface area contributed by atoms with Gasteiger partial charge in [-0.1, -0.05) is 24.3 Å². The van der Waals surface area contributed by atoms with E-state index in [2.05, 4.69) is 15.5 Å². The topological polar surface area (TPSA) is 57.8 Å². The molecule has 0 aliphatic heterocycles. The molecule has 2 aromatic rings. The molecular formula is C12H13N3O. The van der Waals surface area contributed by atoms with Crippen molar-refractivity contribution in [2.24, 2.45) is 0 Å². The Morgan fingerprint density at radius 1 is 1.56 bits per heavy atom. The maximum atomic E-state index is 10.6. The fourth-order valence-corrected chi connectivity index (χ4v) is 1.46. The minimum atomic E-state index is -0.0197. The summed E-state index contributed by atoms with van der Waals surface area (Å²) in [6, 6.07) is 6.05. The van der Waals surface area contributed by atoms with Gasteiger partial charge in [0.25, 0.3) is 0 Å². The minimum Gasteiger partial charge on any atom is -0.353 e. The van der Waals surface area contributed by atoms with Crippen LogP contribution in [0.3, 0.4) is 0 Å². The van der Waals surface area contributed by atoms with Crippen molar-refractivity contribution < 1.29 is 4.79 Å². The highest BCUT2D eigenvalue weighted by molar-refractivity contribution is 5.80. The Hall–Kier alpha value is -2.10. The predicted molar refractivity (Wildman–Crippen MR) is 63.8 cm³/mol. The number of carbonyl (C=O) groups excluding carboxylic acids is 1. The number of rotatable bonds is 3. The Morgan fingerprint density at radius 3 is 3.25 bits per heavy atom. The third kappa shape index (κ3) is 2.48. The monoisotopic (exact) mass is 215 g/mol. The second-order valence-electron chi connectivity index (χ2n) is 3.56. The number of fused-ring (bicyclic) bond motifs is 1. The summed E-state index contributed by atoms with van der Waals surface area (Å²) >= 11 is 0. The van der Waals surface area contributed by atoms with E-state index in [4.69, 9.17) is 0 Å². The van der Waals surface area contributed by atoms with Crippen molar-refractivity contribution in [1.82, 2.24) is 15.5 Å². The number of amides is 1. The van der Waals surface area contributed by atoms with Crippen molar-refractivity contribution in [3.8, 4) is 0 Å². The zero-order chi connectivity index (χ0) is 11.4. The van der Waals surface area contributed by atoms with Gasteiger partial charge in [0, 0.05) is 18.9 Å². The van der Waals surface area contributed by atoms with Gasteiger partial charge in [0.1, 0.15) is 0 Å². The number of aromatic nitrogens is 2. The van der Waals surface area contributed by atoms with Gasteiger partial charge in [-0.2, -0.15) is 5.10 Å². The summed E-state index contributed by atoms with van der Waals surface area (Å²) in [6.45, 7) is 2.06. The van der Waals surface area contributed by atoms with Crippen LogP contribution in [0.5, 0.6) is 0 Å². The maximum absolute atomic E-state index is 10.6. The lowest BCUT2D eigenvalue weighted by molar-refractivity contribution is -0.118. The van der Waals surface area contributed by atoms with E-state index in [1.54, 1.807) is 6.20 Å². The van der Waals surface area contributed by atoms with Crippen LogP contribution in [0.4, 0.5) is 0 Å². The standard InChI is InChI=1S/C12H13N3O/c1-9(16)13-6-2-3-10-4-5-11-8-14-15-12(11)7-10/h2-5,7-8H,6H2,1H3,(H,13,16)(H,14,15). The first-order chi connectivity index (χ1) is 7.75.